The molecule has 1 rings (SSSR count). The SMILES string of the molecule is CCOC(=O)CNc1ccc(OC)cc1C=NC#N. The molecular formula is C13H15N3O3. The summed E-state index contributed by atoms with van der Waals surface area (Å²) in [6.45, 7) is 2.13. The first-order valence-corrected chi connectivity index (χ1v) is 5.71. The lowest BCUT2D eigenvalue weighted by atomic mass is 10.2. The van der Waals surface area contributed by atoms with E-state index >= 15 is 0 Å². The Morgan fingerprint density at radius 3 is 3.00 bits per heavy atom. The first-order chi connectivity index (χ1) is 9.21. The van der Waals surface area contributed by atoms with Crippen LogP contribution in [0.25, 0.3) is 0 Å². The number of nitriles is 1. The molecule has 0 bridgehead atoms. The fourth-order valence-corrected chi connectivity index (χ4v) is 1.41. The van der Waals surface area contributed by atoms with Crippen LogP contribution in [0.5, 0.6) is 5.75 Å². The molecular weight excluding hydrogens is 246 g/mol. The van der Waals surface area contributed by atoms with E-state index in [0.717, 1.165) is 0 Å². The lowest BCUT2D eigenvalue weighted by Crippen LogP contribution is -2.17. The molecule has 0 saturated carbocycles. The molecule has 0 unspecified atom stereocenters. The van der Waals surface area contributed by atoms with Crippen molar-refractivity contribution >= 4 is 17.9 Å². The van der Waals surface area contributed by atoms with Crippen molar-refractivity contribution in [2.45, 2.75) is 6.92 Å². The number of nitrogens with zero attached hydrogens (tertiary/aromatic N) is 2. The number of benzene rings is 1. The van der Waals surface area contributed by atoms with Gasteiger partial charge in [0.15, 0.2) is 0 Å². The third-order valence-corrected chi connectivity index (χ3v) is 2.25. The van der Waals surface area contributed by atoms with Gasteiger partial charge in [-0.3, -0.25) is 4.79 Å². The van der Waals surface area contributed by atoms with E-state index in [2.05, 4.69) is 10.3 Å². The predicted molar refractivity (Wildman–Crippen MR) is 71.3 cm³/mol. The molecule has 0 saturated heterocycles. The van der Waals surface area contributed by atoms with Crippen molar-refractivity contribution in [3.05, 3.63) is 23.8 Å². The van der Waals surface area contributed by atoms with Crippen LogP contribution >= 0.6 is 0 Å². The Balaban J connectivity index is 2.84. The van der Waals surface area contributed by atoms with Crippen LogP contribution in [-0.2, 0) is 9.53 Å². The lowest BCUT2D eigenvalue weighted by Gasteiger charge is -2.10. The van der Waals surface area contributed by atoms with E-state index in [0.29, 0.717) is 23.6 Å². The summed E-state index contributed by atoms with van der Waals surface area (Å²) in [7, 11) is 1.55. The van der Waals surface area contributed by atoms with Gasteiger partial charge in [-0.25, -0.2) is 0 Å². The van der Waals surface area contributed by atoms with Gasteiger partial charge in [-0.05, 0) is 25.1 Å². The van der Waals surface area contributed by atoms with Crippen molar-refractivity contribution in [1.29, 1.82) is 5.26 Å². The second kappa shape index (κ2) is 7.71. The second-order valence-corrected chi connectivity index (χ2v) is 3.47. The smallest absolute Gasteiger partial charge is 0.325 e. The van der Waals surface area contributed by atoms with Crippen LogP contribution in [0.2, 0.25) is 0 Å². The lowest BCUT2D eigenvalue weighted by molar-refractivity contribution is -0.140. The number of anilines is 1. The predicted octanol–water partition coefficient (Wildman–Crippen LogP) is 1.57. The van der Waals surface area contributed by atoms with Crippen LogP contribution in [0.3, 0.4) is 0 Å². The van der Waals surface area contributed by atoms with E-state index < -0.39 is 0 Å². The fraction of sp³-hybridized carbons (Fsp3) is 0.308. The maximum absolute atomic E-state index is 11.3. The molecule has 0 aliphatic carbocycles. The fourth-order valence-electron chi connectivity index (χ4n) is 1.41. The normalized spacial score (nSPS) is 9.95. The summed E-state index contributed by atoms with van der Waals surface area (Å²) in [5.74, 6) is 0.294. The molecule has 0 radical (unpaired) electrons. The highest BCUT2D eigenvalue weighted by Crippen LogP contribution is 2.20. The van der Waals surface area contributed by atoms with E-state index in [4.69, 9.17) is 14.7 Å². The number of hydrogen-bond acceptors (Lipinski definition) is 6. The number of methoxy groups -OCH3 is 1. The van der Waals surface area contributed by atoms with Crippen molar-refractivity contribution in [2.24, 2.45) is 4.99 Å². The monoisotopic (exact) mass is 261 g/mol. The Morgan fingerprint density at radius 1 is 1.58 bits per heavy atom. The standard InChI is InChI=1S/C13H15N3O3/c1-3-19-13(17)8-16-12-5-4-11(18-2)6-10(12)7-15-9-14/h4-7,16H,3,8H2,1-2H3. The highest BCUT2D eigenvalue weighted by atomic mass is 16.5. The Labute approximate surface area is 111 Å². The number of esters is 1. The molecule has 1 aromatic rings. The van der Waals surface area contributed by atoms with E-state index in [1.54, 1.807) is 38.4 Å². The van der Waals surface area contributed by atoms with Crippen LogP contribution in [0.15, 0.2) is 23.2 Å². The van der Waals surface area contributed by atoms with Gasteiger partial charge < -0.3 is 14.8 Å². The molecule has 0 amide bonds. The minimum Gasteiger partial charge on any atom is -0.497 e. The third-order valence-electron chi connectivity index (χ3n) is 2.25. The number of carbonyl (C=O) groups excluding carboxylic acids is 1. The van der Waals surface area contributed by atoms with Gasteiger partial charge in [0.25, 0.3) is 0 Å². The zero-order chi connectivity index (χ0) is 14.1. The molecule has 6 nitrogen and oxygen atoms in total. The van der Waals surface area contributed by atoms with Crippen molar-refractivity contribution in [3.8, 4) is 11.9 Å². The molecule has 0 aliphatic heterocycles. The molecule has 0 heterocycles. The Hall–Kier alpha value is -2.55. The van der Waals surface area contributed by atoms with Gasteiger partial charge in [0.2, 0.25) is 6.19 Å². The minimum atomic E-state index is -0.346. The van der Waals surface area contributed by atoms with E-state index in [9.17, 15) is 4.79 Å². The molecule has 1 aromatic carbocycles. The Bertz CT molecular complexity index is 506. The maximum atomic E-state index is 11.3. The van der Waals surface area contributed by atoms with Gasteiger partial charge in [0.1, 0.15) is 12.3 Å². The average molecular weight is 261 g/mol. The molecule has 1 N–H and O–H groups in total. The van der Waals surface area contributed by atoms with E-state index in [1.807, 2.05) is 0 Å². The van der Waals surface area contributed by atoms with Crippen molar-refractivity contribution in [1.82, 2.24) is 0 Å². The summed E-state index contributed by atoms with van der Waals surface area (Å²) < 4.78 is 9.91. The quantitative estimate of drug-likeness (QED) is 0.477. The van der Waals surface area contributed by atoms with Gasteiger partial charge in [-0.2, -0.15) is 10.3 Å². The first kappa shape index (κ1) is 14.5. The van der Waals surface area contributed by atoms with Crippen molar-refractivity contribution < 1.29 is 14.3 Å². The molecule has 6 heteroatoms. The van der Waals surface area contributed by atoms with E-state index in [1.165, 1.54) is 6.21 Å². The second-order valence-electron chi connectivity index (χ2n) is 3.47. The highest BCUT2D eigenvalue weighted by molar-refractivity contribution is 5.90. The van der Waals surface area contributed by atoms with Crippen molar-refractivity contribution in [3.63, 3.8) is 0 Å². The average Bonchev–Trinajstić information content (AvgIpc) is 2.43. The van der Waals surface area contributed by atoms with Gasteiger partial charge in [-0.15, -0.1) is 0 Å². The van der Waals surface area contributed by atoms with Gasteiger partial charge in [0, 0.05) is 17.5 Å². The first-order valence-electron chi connectivity index (χ1n) is 5.71. The molecule has 0 aliphatic rings. The molecule has 100 valence electrons. The van der Waals surface area contributed by atoms with E-state index in [-0.39, 0.29) is 12.5 Å². The largest absolute Gasteiger partial charge is 0.497 e. The van der Waals surface area contributed by atoms with Gasteiger partial charge in [-0.1, -0.05) is 0 Å². The number of hydrogen-bond donors (Lipinski definition) is 1. The third kappa shape index (κ3) is 4.68. The van der Waals surface area contributed by atoms with Gasteiger partial charge in [0.05, 0.1) is 13.7 Å². The number of carbonyl (C=O) groups is 1. The number of nitrogens with one attached hydrogen (secondary N) is 1. The molecule has 0 atom stereocenters. The van der Waals surface area contributed by atoms with Crippen LogP contribution in [-0.4, -0.2) is 32.4 Å². The zero-order valence-corrected chi connectivity index (χ0v) is 10.8. The Kier molecular flexibility index (Phi) is 5.89. The highest BCUT2D eigenvalue weighted by Gasteiger charge is 2.06. The maximum Gasteiger partial charge on any atom is 0.325 e. The number of rotatable bonds is 6. The summed E-state index contributed by atoms with van der Waals surface area (Å²) >= 11 is 0. The minimum absolute atomic E-state index is 0.0492. The topological polar surface area (TPSA) is 83.7 Å². The molecule has 0 fully saturated rings. The van der Waals surface area contributed by atoms with Crippen LogP contribution in [0, 0.1) is 11.5 Å². The molecule has 0 aromatic heterocycles. The summed E-state index contributed by atoms with van der Waals surface area (Å²) in [5, 5.41) is 11.4. The van der Waals surface area contributed by atoms with Crippen molar-refractivity contribution in [2.75, 3.05) is 25.6 Å². The summed E-state index contributed by atoms with van der Waals surface area (Å²) in [4.78, 5) is 14.8. The van der Waals surface area contributed by atoms with Crippen LogP contribution < -0.4 is 10.1 Å². The zero-order valence-electron chi connectivity index (χ0n) is 10.8. The number of ether oxygens (including phenoxy) is 2. The van der Waals surface area contributed by atoms with Crippen LogP contribution in [0.1, 0.15) is 12.5 Å². The number of aliphatic imine (C=N–C) groups is 1. The molecule has 19 heavy (non-hydrogen) atoms. The summed E-state index contributed by atoms with van der Waals surface area (Å²) in [6.07, 6.45) is 3.07. The summed E-state index contributed by atoms with van der Waals surface area (Å²) in [5.41, 5.74) is 1.33. The van der Waals surface area contributed by atoms with Gasteiger partial charge >= 0.3 is 5.97 Å². The van der Waals surface area contributed by atoms with Crippen LogP contribution in [0.4, 0.5) is 5.69 Å². The summed E-state index contributed by atoms with van der Waals surface area (Å²) in [6, 6.07) is 5.21. The molecule has 0 spiro atoms. The Morgan fingerprint density at radius 2 is 2.37 bits per heavy atom.